The lowest BCUT2D eigenvalue weighted by Gasteiger charge is -2.11. The molecule has 0 spiro atoms. The molecule has 0 aromatic carbocycles. The van der Waals surface area contributed by atoms with Gasteiger partial charge in [-0.3, -0.25) is 4.79 Å². The number of carbonyl (C=O) groups is 1. The summed E-state index contributed by atoms with van der Waals surface area (Å²) in [7, 11) is 3.18. The molecule has 9 heteroatoms. The number of nitrogens with zero attached hydrogens (tertiary/aromatic N) is 6. The summed E-state index contributed by atoms with van der Waals surface area (Å²) >= 11 is 0. The van der Waals surface area contributed by atoms with E-state index in [1.165, 1.54) is 17.9 Å². The van der Waals surface area contributed by atoms with Crippen molar-refractivity contribution in [2.24, 2.45) is 7.05 Å². The Morgan fingerprint density at radius 2 is 2.16 bits per heavy atom. The van der Waals surface area contributed by atoms with E-state index in [1.54, 1.807) is 20.0 Å². The first-order chi connectivity index (χ1) is 9.11. The van der Waals surface area contributed by atoms with E-state index >= 15 is 0 Å². The number of nitrogens with one attached hydrogen (secondary N) is 1. The normalized spacial score (nSPS) is 11.9. The molecule has 2 aromatic heterocycles. The Morgan fingerprint density at radius 3 is 2.68 bits per heavy atom. The van der Waals surface area contributed by atoms with Crippen molar-refractivity contribution in [3.8, 4) is 5.88 Å². The fourth-order valence-corrected chi connectivity index (χ4v) is 1.49. The molecule has 100 valence electrons. The smallest absolute Gasteiger partial charge is 0.272 e. The highest BCUT2D eigenvalue weighted by molar-refractivity contribution is 5.92. The van der Waals surface area contributed by atoms with Gasteiger partial charge in [0.25, 0.3) is 5.91 Å². The molecular weight excluding hydrogens is 250 g/mol. The topological polar surface area (TPSA) is 108 Å². The third kappa shape index (κ3) is 2.81. The van der Waals surface area contributed by atoms with Crippen molar-refractivity contribution >= 4 is 5.91 Å². The van der Waals surface area contributed by atoms with Crippen LogP contribution in [0.2, 0.25) is 0 Å². The van der Waals surface area contributed by atoms with Crippen molar-refractivity contribution < 1.29 is 9.53 Å². The van der Waals surface area contributed by atoms with Crippen LogP contribution in [0.4, 0.5) is 0 Å². The van der Waals surface area contributed by atoms with Crippen LogP contribution < -0.4 is 10.1 Å². The van der Waals surface area contributed by atoms with Crippen LogP contribution in [0.5, 0.6) is 5.88 Å². The number of hydrogen-bond donors (Lipinski definition) is 1. The maximum Gasteiger partial charge on any atom is 0.272 e. The van der Waals surface area contributed by atoms with Crippen LogP contribution in [0.3, 0.4) is 0 Å². The Bertz CT molecular complexity index is 566. The van der Waals surface area contributed by atoms with E-state index < -0.39 is 0 Å². The highest BCUT2D eigenvalue weighted by Crippen LogP contribution is 2.08. The molecule has 0 fully saturated rings. The van der Waals surface area contributed by atoms with Crippen LogP contribution in [0, 0.1) is 0 Å². The molecule has 2 rings (SSSR count). The van der Waals surface area contributed by atoms with E-state index in [-0.39, 0.29) is 17.6 Å². The largest absolute Gasteiger partial charge is 0.480 e. The summed E-state index contributed by atoms with van der Waals surface area (Å²) in [5, 5.41) is 21.3. The number of amides is 1. The molecule has 1 amide bonds. The molecule has 0 aliphatic carbocycles. The maximum atomic E-state index is 11.9. The first-order valence-corrected chi connectivity index (χ1v) is 5.52. The molecule has 1 atom stereocenters. The van der Waals surface area contributed by atoms with Crippen molar-refractivity contribution in [1.82, 2.24) is 35.7 Å². The molecule has 0 bridgehead atoms. The lowest BCUT2D eigenvalue weighted by atomic mass is 10.3. The molecule has 0 saturated heterocycles. The van der Waals surface area contributed by atoms with Gasteiger partial charge < -0.3 is 10.1 Å². The van der Waals surface area contributed by atoms with Gasteiger partial charge in [0.05, 0.1) is 13.2 Å². The summed E-state index contributed by atoms with van der Waals surface area (Å²) in [6, 6.07) is 2.76. The van der Waals surface area contributed by atoms with Crippen LogP contribution in [-0.4, -0.2) is 43.4 Å². The zero-order valence-corrected chi connectivity index (χ0v) is 10.7. The predicted octanol–water partition coefficient (Wildman–Crippen LogP) is -0.500. The molecule has 0 unspecified atom stereocenters. The lowest BCUT2D eigenvalue weighted by molar-refractivity contribution is 0.0931. The molecule has 0 saturated carbocycles. The molecule has 2 heterocycles. The Morgan fingerprint density at radius 1 is 1.37 bits per heavy atom. The van der Waals surface area contributed by atoms with Crippen LogP contribution in [0.15, 0.2) is 12.1 Å². The van der Waals surface area contributed by atoms with Gasteiger partial charge in [-0.2, -0.15) is 0 Å². The molecule has 2 aromatic rings. The average Bonchev–Trinajstić information content (AvgIpc) is 2.85. The number of aromatic nitrogens is 6. The van der Waals surface area contributed by atoms with Gasteiger partial charge in [0.15, 0.2) is 11.5 Å². The van der Waals surface area contributed by atoms with Gasteiger partial charge in [0.1, 0.15) is 0 Å². The Hall–Kier alpha value is -2.58. The minimum Gasteiger partial charge on any atom is -0.480 e. The number of ether oxygens (including phenoxy) is 1. The zero-order chi connectivity index (χ0) is 13.8. The zero-order valence-electron chi connectivity index (χ0n) is 10.7. The highest BCUT2D eigenvalue weighted by atomic mass is 16.5. The molecule has 0 aliphatic rings. The number of carbonyl (C=O) groups excluding carboxylic acids is 1. The molecule has 1 N–H and O–H groups in total. The van der Waals surface area contributed by atoms with Crippen molar-refractivity contribution in [3.63, 3.8) is 0 Å². The second kappa shape index (κ2) is 5.38. The third-order valence-corrected chi connectivity index (χ3v) is 2.47. The van der Waals surface area contributed by atoms with Gasteiger partial charge in [-0.15, -0.1) is 15.3 Å². The predicted molar refractivity (Wildman–Crippen MR) is 63.3 cm³/mol. The van der Waals surface area contributed by atoms with Gasteiger partial charge in [0, 0.05) is 13.1 Å². The summed E-state index contributed by atoms with van der Waals surface area (Å²) in [6.45, 7) is 1.78. The Labute approximate surface area is 109 Å². The van der Waals surface area contributed by atoms with Gasteiger partial charge in [0.2, 0.25) is 5.88 Å². The van der Waals surface area contributed by atoms with Crippen molar-refractivity contribution in [3.05, 3.63) is 23.7 Å². The summed E-state index contributed by atoms with van der Waals surface area (Å²) in [5.41, 5.74) is 0.197. The minimum absolute atomic E-state index is 0.197. The average molecular weight is 263 g/mol. The first-order valence-electron chi connectivity index (χ1n) is 5.52. The van der Waals surface area contributed by atoms with E-state index in [0.717, 1.165) is 0 Å². The summed E-state index contributed by atoms with van der Waals surface area (Å²) in [6.07, 6.45) is 0. The quantitative estimate of drug-likeness (QED) is 0.792. The summed E-state index contributed by atoms with van der Waals surface area (Å²) in [4.78, 5) is 11.9. The van der Waals surface area contributed by atoms with Crippen LogP contribution in [0.25, 0.3) is 0 Å². The van der Waals surface area contributed by atoms with Crippen molar-refractivity contribution in [2.45, 2.75) is 13.0 Å². The molecular formula is C10H13N7O2. The summed E-state index contributed by atoms with van der Waals surface area (Å²) < 4.78 is 6.36. The standard InChI is InChI=1S/C10H13N7O2/c1-6(9-14-15-16-17(9)2)11-10(18)7-4-5-8(19-3)13-12-7/h4-6H,1-3H3,(H,11,18)/t6-/m0/s1. The van der Waals surface area contributed by atoms with E-state index in [9.17, 15) is 4.79 Å². The van der Waals surface area contributed by atoms with Gasteiger partial charge in [-0.1, -0.05) is 0 Å². The molecule has 9 nitrogen and oxygen atoms in total. The van der Waals surface area contributed by atoms with Gasteiger partial charge in [-0.05, 0) is 23.4 Å². The number of methoxy groups -OCH3 is 1. The van der Waals surface area contributed by atoms with Crippen molar-refractivity contribution in [2.75, 3.05) is 7.11 Å². The van der Waals surface area contributed by atoms with Crippen LogP contribution in [-0.2, 0) is 7.05 Å². The number of aryl methyl sites for hydroxylation is 1. The van der Waals surface area contributed by atoms with E-state index in [1.807, 2.05) is 0 Å². The van der Waals surface area contributed by atoms with E-state index in [0.29, 0.717) is 11.7 Å². The van der Waals surface area contributed by atoms with E-state index in [2.05, 4.69) is 31.0 Å². The maximum absolute atomic E-state index is 11.9. The second-order valence-electron chi connectivity index (χ2n) is 3.82. The molecule has 0 radical (unpaired) electrons. The number of hydrogen-bond acceptors (Lipinski definition) is 7. The van der Waals surface area contributed by atoms with Crippen LogP contribution >= 0.6 is 0 Å². The lowest BCUT2D eigenvalue weighted by Crippen LogP contribution is -2.29. The Balaban J connectivity index is 2.06. The third-order valence-electron chi connectivity index (χ3n) is 2.47. The van der Waals surface area contributed by atoms with Crippen molar-refractivity contribution in [1.29, 1.82) is 0 Å². The van der Waals surface area contributed by atoms with Gasteiger partial charge >= 0.3 is 0 Å². The molecule has 0 aliphatic heterocycles. The Kier molecular flexibility index (Phi) is 3.64. The minimum atomic E-state index is -0.356. The molecule has 19 heavy (non-hydrogen) atoms. The first kappa shape index (κ1) is 12.9. The monoisotopic (exact) mass is 263 g/mol. The number of rotatable bonds is 4. The fourth-order valence-electron chi connectivity index (χ4n) is 1.49. The SMILES string of the molecule is COc1ccc(C(=O)N[C@@H](C)c2nnnn2C)nn1. The second-order valence-corrected chi connectivity index (χ2v) is 3.82. The van der Waals surface area contributed by atoms with Gasteiger partial charge in [-0.25, -0.2) is 4.68 Å². The fraction of sp³-hybridized carbons (Fsp3) is 0.400. The summed E-state index contributed by atoms with van der Waals surface area (Å²) in [5.74, 6) is 0.544. The van der Waals surface area contributed by atoms with Crippen LogP contribution in [0.1, 0.15) is 29.3 Å². The number of tetrazole rings is 1. The highest BCUT2D eigenvalue weighted by Gasteiger charge is 2.17. The van der Waals surface area contributed by atoms with E-state index in [4.69, 9.17) is 4.74 Å².